The lowest BCUT2D eigenvalue weighted by Crippen LogP contribution is -2.13. The Hall–Kier alpha value is -3.49. The molecule has 26 heavy (non-hydrogen) atoms. The van der Waals surface area contributed by atoms with E-state index in [0.717, 1.165) is 10.4 Å². The molecule has 0 atom stereocenters. The van der Waals surface area contributed by atoms with Gasteiger partial charge in [-0.2, -0.15) is 10.2 Å². The number of halogens is 1. The maximum Gasteiger partial charge on any atom is 0.325 e. The average molecular weight is 357 g/mol. The SMILES string of the molecule is Cc1cc(NC(=O)c2cnn(CC(=O)O)c2)nn1Cc1ccccc1F. The van der Waals surface area contributed by atoms with E-state index in [9.17, 15) is 14.0 Å². The van der Waals surface area contributed by atoms with Crippen LogP contribution in [0, 0.1) is 12.7 Å². The molecule has 2 heterocycles. The molecular formula is C17H16FN5O3. The number of aryl methyl sites for hydroxylation is 1. The molecule has 0 radical (unpaired) electrons. The van der Waals surface area contributed by atoms with E-state index in [0.29, 0.717) is 11.4 Å². The number of carbonyl (C=O) groups excluding carboxylic acids is 1. The van der Waals surface area contributed by atoms with Crippen LogP contribution in [0.15, 0.2) is 42.7 Å². The van der Waals surface area contributed by atoms with Gasteiger partial charge in [0.2, 0.25) is 0 Å². The average Bonchev–Trinajstić information content (AvgIpc) is 3.16. The number of aliphatic carboxylic acids is 1. The maximum atomic E-state index is 13.8. The third kappa shape index (κ3) is 3.94. The van der Waals surface area contributed by atoms with E-state index in [2.05, 4.69) is 15.5 Å². The number of anilines is 1. The maximum absolute atomic E-state index is 13.8. The number of hydrogen-bond donors (Lipinski definition) is 2. The first kappa shape index (κ1) is 17.3. The number of hydrogen-bond acceptors (Lipinski definition) is 4. The van der Waals surface area contributed by atoms with Gasteiger partial charge < -0.3 is 10.4 Å². The van der Waals surface area contributed by atoms with Gasteiger partial charge in [-0.1, -0.05) is 18.2 Å². The zero-order chi connectivity index (χ0) is 18.7. The lowest BCUT2D eigenvalue weighted by Gasteiger charge is -2.05. The Morgan fingerprint density at radius 3 is 2.81 bits per heavy atom. The number of amides is 1. The second-order valence-electron chi connectivity index (χ2n) is 5.69. The van der Waals surface area contributed by atoms with E-state index >= 15 is 0 Å². The Labute approximate surface area is 147 Å². The summed E-state index contributed by atoms with van der Waals surface area (Å²) in [6.45, 7) is 1.71. The number of carboxylic acid groups (broad SMARTS) is 1. The van der Waals surface area contributed by atoms with Crippen LogP contribution in [0.2, 0.25) is 0 Å². The van der Waals surface area contributed by atoms with E-state index in [-0.39, 0.29) is 24.5 Å². The summed E-state index contributed by atoms with van der Waals surface area (Å²) in [4.78, 5) is 22.9. The lowest BCUT2D eigenvalue weighted by molar-refractivity contribution is -0.137. The topological polar surface area (TPSA) is 102 Å². The molecule has 2 aromatic heterocycles. The summed E-state index contributed by atoms with van der Waals surface area (Å²) in [6.07, 6.45) is 2.62. The Balaban J connectivity index is 1.71. The quantitative estimate of drug-likeness (QED) is 0.702. The minimum absolute atomic E-state index is 0.215. The molecule has 2 N–H and O–H groups in total. The van der Waals surface area contributed by atoms with Crippen LogP contribution in [-0.2, 0) is 17.9 Å². The Bertz CT molecular complexity index is 963. The summed E-state index contributed by atoms with van der Waals surface area (Å²) in [7, 11) is 0. The van der Waals surface area contributed by atoms with Crippen LogP contribution in [0.1, 0.15) is 21.6 Å². The highest BCUT2D eigenvalue weighted by atomic mass is 19.1. The predicted octanol–water partition coefficient (Wildman–Crippen LogP) is 1.91. The summed E-state index contributed by atoms with van der Waals surface area (Å²) in [6, 6.07) is 8.08. The number of nitrogens with zero attached hydrogens (tertiary/aromatic N) is 4. The van der Waals surface area contributed by atoms with Crippen molar-refractivity contribution >= 4 is 17.7 Å². The highest BCUT2D eigenvalue weighted by molar-refractivity contribution is 6.03. The summed E-state index contributed by atoms with van der Waals surface area (Å²) in [5, 5.41) is 19.4. The fourth-order valence-corrected chi connectivity index (χ4v) is 2.41. The standard InChI is InChI=1S/C17H16FN5O3/c1-11-6-15(21-23(11)9-12-4-2-3-5-14(12)18)20-17(26)13-7-19-22(8-13)10-16(24)25/h2-8H,9-10H2,1H3,(H,24,25)(H,20,21,26). The summed E-state index contributed by atoms with van der Waals surface area (Å²) in [5.74, 6) is -1.52. The van der Waals surface area contributed by atoms with Crippen LogP contribution in [0.3, 0.4) is 0 Å². The zero-order valence-electron chi connectivity index (χ0n) is 13.9. The molecule has 1 amide bonds. The van der Waals surface area contributed by atoms with Gasteiger partial charge in [0.25, 0.3) is 5.91 Å². The molecule has 1 aromatic carbocycles. The first-order valence-corrected chi connectivity index (χ1v) is 7.76. The Morgan fingerprint density at radius 1 is 1.31 bits per heavy atom. The molecule has 9 heteroatoms. The van der Waals surface area contributed by atoms with Crippen molar-refractivity contribution in [2.24, 2.45) is 0 Å². The smallest absolute Gasteiger partial charge is 0.325 e. The van der Waals surface area contributed by atoms with Crippen LogP contribution in [-0.4, -0.2) is 36.5 Å². The number of rotatable bonds is 6. The second kappa shape index (κ2) is 7.18. The summed E-state index contributed by atoms with van der Waals surface area (Å²) in [5.41, 5.74) is 1.46. The van der Waals surface area contributed by atoms with Crippen LogP contribution in [0.5, 0.6) is 0 Å². The van der Waals surface area contributed by atoms with Gasteiger partial charge >= 0.3 is 5.97 Å². The number of aromatic nitrogens is 4. The molecule has 0 saturated carbocycles. The molecule has 3 rings (SSSR count). The second-order valence-corrected chi connectivity index (χ2v) is 5.69. The van der Waals surface area contributed by atoms with Crippen LogP contribution in [0.4, 0.5) is 10.2 Å². The molecule has 0 aliphatic carbocycles. The van der Waals surface area contributed by atoms with Gasteiger partial charge in [-0.25, -0.2) is 4.39 Å². The number of nitrogens with one attached hydrogen (secondary N) is 1. The van der Waals surface area contributed by atoms with Crippen LogP contribution in [0.25, 0.3) is 0 Å². The highest BCUT2D eigenvalue weighted by Gasteiger charge is 2.13. The summed E-state index contributed by atoms with van der Waals surface area (Å²) < 4.78 is 16.5. The molecular weight excluding hydrogens is 341 g/mol. The number of carbonyl (C=O) groups is 2. The van der Waals surface area contributed by atoms with E-state index < -0.39 is 11.9 Å². The Morgan fingerprint density at radius 2 is 2.08 bits per heavy atom. The highest BCUT2D eigenvalue weighted by Crippen LogP contribution is 2.14. The van der Waals surface area contributed by atoms with Gasteiger partial charge in [0.05, 0.1) is 18.3 Å². The first-order chi connectivity index (χ1) is 12.4. The zero-order valence-corrected chi connectivity index (χ0v) is 13.9. The number of benzene rings is 1. The van der Waals surface area contributed by atoms with Crippen molar-refractivity contribution in [3.8, 4) is 0 Å². The van der Waals surface area contributed by atoms with E-state index in [4.69, 9.17) is 5.11 Å². The van der Waals surface area contributed by atoms with E-state index in [1.165, 1.54) is 18.5 Å². The van der Waals surface area contributed by atoms with Gasteiger partial charge in [0.15, 0.2) is 5.82 Å². The van der Waals surface area contributed by atoms with Crippen LogP contribution >= 0.6 is 0 Å². The van der Waals surface area contributed by atoms with E-state index in [1.54, 1.807) is 35.9 Å². The number of carboxylic acids is 1. The lowest BCUT2D eigenvalue weighted by atomic mass is 10.2. The Kier molecular flexibility index (Phi) is 4.78. The molecule has 0 bridgehead atoms. The van der Waals surface area contributed by atoms with Crippen molar-refractivity contribution in [3.05, 3.63) is 65.4 Å². The normalized spacial score (nSPS) is 10.7. The molecule has 3 aromatic rings. The minimum Gasteiger partial charge on any atom is -0.480 e. The van der Waals surface area contributed by atoms with Crippen molar-refractivity contribution < 1.29 is 19.1 Å². The molecule has 0 aliphatic rings. The van der Waals surface area contributed by atoms with Gasteiger partial charge in [0.1, 0.15) is 12.4 Å². The van der Waals surface area contributed by atoms with E-state index in [1.807, 2.05) is 0 Å². The molecule has 0 aliphatic heterocycles. The third-order valence-corrected chi connectivity index (χ3v) is 3.69. The van der Waals surface area contributed by atoms with Gasteiger partial charge in [0, 0.05) is 23.5 Å². The molecule has 8 nitrogen and oxygen atoms in total. The fourth-order valence-electron chi connectivity index (χ4n) is 2.41. The monoisotopic (exact) mass is 357 g/mol. The fraction of sp³-hybridized carbons (Fsp3) is 0.176. The van der Waals surface area contributed by atoms with Crippen LogP contribution < -0.4 is 5.32 Å². The minimum atomic E-state index is -1.05. The third-order valence-electron chi connectivity index (χ3n) is 3.69. The van der Waals surface area contributed by atoms with Gasteiger partial charge in [-0.15, -0.1) is 0 Å². The van der Waals surface area contributed by atoms with Crippen molar-refractivity contribution in [1.29, 1.82) is 0 Å². The van der Waals surface area contributed by atoms with Crippen molar-refractivity contribution in [3.63, 3.8) is 0 Å². The molecule has 0 unspecified atom stereocenters. The van der Waals surface area contributed by atoms with Gasteiger partial charge in [-0.3, -0.25) is 19.0 Å². The summed E-state index contributed by atoms with van der Waals surface area (Å²) >= 11 is 0. The van der Waals surface area contributed by atoms with Crippen molar-refractivity contribution in [2.45, 2.75) is 20.0 Å². The largest absolute Gasteiger partial charge is 0.480 e. The van der Waals surface area contributed by atoms with Crippen molar-refractivity contribution in [1.82, 2.24) is 19.6 Å². The molecule has 0 saturated heterocycles. The molecule has 0 fully saturated rings. The molecule has 134 valence electrons. The predicted molar refractivity (Wildman–Crippen MR) is 90.3 cm³/mol. The van der Waals surface area contributed by atoms with Gasteiger partial charge in [-0.05, 0) is 13.0 Å². The van der Waals surface area contributed by atoms with Crippen molar-refractivity contribution in [2.75, 3.05) is 5.32 Å². The first-order valence-electron chi connectivity index (χ1n) is 7.76. The molecule has 0 spiro atoms.